The Kier molecular flexibility index (Phi) is 5.14. The van der Waals surface area contributed by atoms with Crippen LogP contribution in [0.15, 0.2) is 36.5 Å². The van der Waals surface area contributed by atoms with E-state index >= 15 is 0 Å². The molecule has 0 unspecified atom stereocenters. The van der Waals surface area contributed by atoms with Gasteiger partial charge in [-0.1, -0.05) is 37.1 Å². The Bertz CT molecular complexity index is 1130. The highest BCUT2D eigenvalue weighted by Crippen LogP contribution is 2.31. The SMILES string of the molecule is O=C(c1nccc2ccccc12)N1CCC[C@H](c2nnc3n2CCN(C2CCCC2)C3)C1. The molecule has 1 saturated carbocycles. The molecule has 0 N–H and O–H groups in total. The molecule has 0 spiro atoms. The first kappa shape index (κ1) is 19.9. The molecule has 32 heavy (non-hydrogen) atoms. The standard InChI is InChI=1S/C25H30N6O/c32-25(23-21-10-4-1-6-18(21)11-12-26-23)30-13-5-7-19(16-30)24-28-27-22-17-29(14-15-31(22)24)20-8-2-3-9-20/h1,4,6,10-12,19-20H,2-3,5,7-9,13-17H2/t19-/m0/s1. The molecule has 6 rings (SSSR count). The molecule has 3 aliphatic rings. The van der Waals surface area contributed by atoms with Gasteiger partial charge in [-0.05, 0) is 37.1 Å². The van der Waals surface area contributed by atoms with Crippen molar-refractivity contribution in [3.8, 4) is 0 Å². The summed E-state index contributed by atoms with van der Waals surface area (Å²) in [7, 11) is 0. The van der Waals surface area contributed by atoms with E-state index in [1.54, 1.807) is 6.20 Å². The van der Waals surface area contributed by atoms with Gasteiger partial charge in [-0.25, -0.2) is 0 Å². The van der Waals surface area contributed by atoms with Gasteiger partial charge in [0.15, 0.2) is 0 Å². The first-order chi connectivity index (χ1) is 15.8. The first-order valence-corrected chi connectivity index (χ1v) is 12.1. The van der Waals surface area contributed by atoms with Gasteiger partial charge in [0.2, 0.25) is 0 Å². The molecule has 1 amide bonds. The maximum absolute atomic E-state index is 13.4. The number of aromatic nitrogens is 4. The van der Waals surface area contributed by atoms with Crippen molar-refractivity contribution in [2.45, 2.75) is 63.6 Å². The van der Waals surface area contributed by atoms with Crippen LogP contribution in [0.5, 0.6) is 0 Å². The number of hydrogen-bond donors (Lipinski definition) is 0. The molecule has 166 valence electrons. The molecular formula is C25H30N6O. The highest BCUT2D eigenvalue weighted by molar-refractivity contribution is 6.05. The van der Waals surface area contributed by atoms with E-state index in [2.05, 4.69) is 24.6 Å². The quantitative estimate of drug-likeness (QED) is 0.635. The van der Waals surface area contributed by atoms with E-state index in [1.165, 1.54) is 25.7 Å². The molecular weight excluding hydrogens is 400 g/mol. The fraction of sp³-hybridized carbons (Fsp3) is 0.520. The molecule has 0 radical (unpaired) electrons. The number of rotatable bonds is 3. The Balaban J connectivity index is 1.21. The lowest BCUT2D eigenvalue weighted by Gasteiger charge is -2.35. The monoisotopic (exact) mass is 430 g/mol. The zero-order chi connectivity index (χ0) is 21.5. The topological polar surface area (TPSA) is 67.2 Å². The molecule has 1 aliphatic carbocycles. The summed E-state index contributed by atoms with van der Waals surface area (Å²) < 4.78 is 2.33. The highest BCUT2D eigenvalue weighted by Gasteiger charge is 2.33. The average molecular weight is 431 g/mol. The van der Waals surface area contributed by atoms with Crippen molar-refractivity contribution in [3.05, 3.63) is 53.9 Å². The van der Waals surface area contributed by atoms with E-state index in [0.29, 0.717) is 12.2 Å². The van der Waals surface area contributed by atoms with Crippen molar-refractivity contribution in [2.24, 2.45) is 0 Å². The summed E-state index contributed by atoms with van der Waals surface area (Å²) in [5, 5.41) is 11.2. The van der Waals surface area contributed by atoms with E-state index in [4.69, 9.17) is 0 Å². The molecule has 2 aliphatic heterocycles. The Labute approximate surface area is 188 Å². The second-order valence-electron chi connectivity index (χ2n) is 9.51. The number of carbonyl (C=O) groups excluding carboxylic acids is 1. The Morgan fingerprint density at radius 2 is 1.81 bits per heavy atom. The van der Waals surface area contributed by atoms with Crippen molar-refractivity contribution in [1.29, 1.82) is 0 Å². The second kappa shape index (κ2) is 8.28. The first-order valence-electron chi connectivity index (χ1n) is 12.1. The van der Waals surface area contributed by atoms with Gasteiger partial charge in [0.1, 0.15) is 17.3 Å². The maximum atomic E-state index is 13.4. The predicted octanol–water partition coefficient (Wildman–Crippen LogP) is 3.60. The van der Waals surface area contributed by atoms with Gasteiger partial charge >= 0.3 is 0 Å². The average Bonchev–Trinajstić information content (AvgIpc) is 3.53. The minimum atomic E-state index is 0.0253. The highest BCUT2D eigenvalue weighted by atomic mass is 16.2. The minimum absolute atomic E-state index is 0.0253. The zero-order valence-corrected chi connectivity index (χ0v) is 18.5. The van der Waals surface area contributed by atoms with Crippen LogP contribution >= 0.6 is 0 Å². The number of amides is 1. The molecule has 1 atom stereocenters. The molecule has 1 saturated heterocycles. The molecule has 3 aromatic rings. The van der Waals surface area contributed by atoms with Crippen molar-refractivity contribution in [3.63, 3.8) is 0 Å². The van der Waals surface area contributed by atoms with Crippen LogP contribution in [0.4, 0.5) is 0 Å². The van der Waals surface area contributed by atoms with Gasteiger partial charge in [-0.2, -0.15) is 0 Å². The largest absolute Gasteiger partial charge is 0.337 e. The summed E-state index contributed by atoms with van der Waals surface area (Å²) in [5.41, 5.74) is 0.555. The van der Waals surface area contributed by atoms with Gasteiger partial charge in [0, 0.05) is 49.7 Å². The van der Waals surface area contributed by atoms with Crippen LogP contribution in [0.2, 0.25) is 0 Å². The summed E-state index contributed by atoms with van der Waals surface area (Å²) in [5.74, 6) is 2.42. The summed E-state index contributed by atoms with van der Waals surface area (Å²) in [6.07, 6.45) is 9.13. The number of pyridine rings is 1. The fourth-order valence-corrected chi connectivity index (χ4v) is 5.89. The maximum Gasteiger partial charge on any atom is 0.273 e. The molecule has 7 heteroatoms. The third kappa shape index (κ3) is 3.48. The second-order valence-corrected chi connectivity index (χ2v) is 9.51. The Morgan fingerprint density at radius 3 is 2.72 bits per heavy atom. The molecule has 2 aromatic heterocycles. The van der Waals surface area contributed by atoms with Crippen molar-refractivity contribution in [1.82, 2.24) is 29.5 Å². The van der Waals surface area contributed by atoms with Crippen LogP contribution in [0, 0.1) is 0 Å². The molecule has 2 fully saturated rings. The van der Waals surface area contributed by atoms with Crippen molar-refractivity contribution < 1.29 is 4.79 Å². The molecule has 1 aromatic carbocycles. The van der Waals surface area contributed by atoms with Gasteiger partial charge < -0.3 is 9.47 Å². The van der Waals surface area contributed by atoms with Crippen molar-refractivity contribution in [2.75, 3.05) is 19.6 Å². The van der Waals surface area contributed by atoms with E-state index < -0.39 is 0 Å². The lowest BCUT2D eigenvalue weighted by molar-refractivity contribution is 0.0698. The van der Waals surface area contributed by atoms with E-state index in [1.807, 2.05) is 35.2 Å². The number of nitrogens with zero attached hydrogens (tertiary/aromatic N) is 6. The summed E-state index contributed by atoms with van der Waals surface area (Å²) >= 11 is 0. The minimum Gasteiger partial charge on any atom is -0.337 e. The number of hydrogen-bond acceptors (Lipinski definition) is 5. The summed E-state index contributed by atoms with van der Waals surface area (Å²) in [4.78, 5) is 22.4. The van der Waals surface area contributed by atoms with Crippen LogP contribution < -0.4 is 0 Å². The number of benzene rings is 1. The van der Waals surface area contributed by atoms with Crippen LogP contribution in [-0.2, 0) is 13.1 Å². The summed E-state index contributed by atoms with van der Waals surface area (Å²) in [6, 6.07) is 10.7. The Morgan fingerprint density at radius 1 is 0.938 bits per heavy atom. The lowest BCUT2D eigenvalue weighted by Crippen LogP contribution is -2.42. The lowest BCUT2D eigenvalue weighted by atomic mass is 9.96. The number of carbonyl (C=O) groups is 1. The third-order valence-electron chi connectivity index (χ3n) is 7.60. The van der Waals surface area contributed by atoms with Gasteiger partial charge in [0.05, 0.1) is 6.54 Å². The van der Waals surface area contributed by atoms with Crippen LogP contribution in [-0.4, -0.2) is 61.1 Å². The molecule has 4 heterocycles. The van der Waals surface area contributed by atoms with Gasteiger partial charge in [0.25, 0.3) is 5.91 Å². The molecule has 0 bridgehead atoms. The third-order valence-corrected chi connectivity index (χ3v) is 7.60. The smallest absolute Gasteiger partial charge is 0.273 e. The van der Waals surface area contributed by atoms with E-state index in [9.17, 15) is 4.79 Å². The predicted molar refractivity (Wildman–Crippen MR) is 122 cm³/mol. The summed E-state index contributed by atoms with van der Waals surface area (Å²) in [6.45, 7) is 4.42. The van der Waals surface area contributed by atoms with Crippen LogP contribution in [0.25, 0.3) is 10.8 Å². The van der Waals surface area contributed by atoms with Crippen LogP contribution in [0.3, 0.4) is 0 Å². The molecule has 7 nitrogen and oxygen atoms in total. The van der Waals surface area contributed by atoms with Gasteiger partial charge in [-0.15, -0.1) is 10.2 Å². The fourth-order valence-electron chi connectivity index (χ4n) is 5.89. The number of likely N-dealkylation sites (tertiary alicyclic amines) is 1. The zero-order valence-electron chi connectivity index (χ0n) is 18.5. The Hall–Kier alpha value is -2.80. The van der Waals surface area contributed by atoms with Crippen molar-refractivity contribution >= 4 is 16.7 Å². The number of piperidine rings is 1. The normalized spacial score (nSPS) is 22.4. The number of fused-ring (bicyclic) bond motifs is 2. The van der Waals surface area contributed by atoms with Crippen LogP contribution in [0.1, 0.15) is 66.6 Å². The van der Waals surface area contributed by atoms with E-state index in [-0.39, 0.29) is 11.8 Å². The van der Waals surface area contributed by atoms with Gasteiger partial charge in [-0.3, -0.25) is 14.7 Å². The van der Waals surface area contributed by atoms with E-state index in [0.717, 1.165) is 67.5 Å².